The lowest BCUT2D eigenvalue weighted by Crippen LogP contribution is -2.37. The molecule has 2 aliphatic heterocycles. The first-order chi connectivity index (χ1) is 16.0. The van der Waals surface area contributed by atoms with Gasteiger partial charge in [-0.1, -0.05) is 54.1 Å². The van der Waals surface area contributed by atoms with Crippen molar-refractivity contribution in [3.63, 3.8) is 0 Å². The Labute approximate surface area is 193 Å². The fourth-order valence-electron chi connectivity index (χ4n) is 3.52. The molecule has 0 saturated heterocycles. The highest BCUT2D eigenvalue weighted by molar-refractivity contribution is 6.30. The number of nitrogens with zero attached hydrogens (tertiary/aromatic N) is 5. The van der Waals surface area contributed by atoms with Crippen LogP contribution in [0.2, 0.25) is 5.02 Å². The minimum absolute atomic E-state index is 0.0517. The Morgan fingerprint density at radius 3 is 2.52 bits per heavy atom. The largest absolute Gasteiger partial charge is 0.453 e. The summed E-state index contributed by atoms with van der Waals surface area (Å²) >= 11 is 6.10. The van der Waals surface area contributed by atoms with Crippen LogP contribution in [0.1, 0.15) is 5.56 Å². The monoisotopic (exact) mass is 459 g/mol. The molecule has 164 valence electrons. The molecule has 1 aromatic heterocycles. The van der Waals surface area contributed by atoms with Gasteiger partial charge in [-0.25, -0.2) is 14.5 Å². The van der Waals surface area contributed by atoms with Crippen LogP contribution in [0.15, 0.2) is 80.7 Å². The summed E-state index contributed by atoms with van der Waals surface area (Å²) in [5.41, 5.74) is 0.754. The minimum atomic E-state index is -0.654. The number of aromatic nitrogens is 5. The van der Waals surface area contributed by atoms with Crippen molar-refractivity contribution in [2.75, 3.05) is 0 Å². The highest BCUT2D eigenvalue weighted by atomic mass is 35.5. The second-order valence-electron chi connectivity index (χ2n) is 7.50. The van der Waals surface area contributed by atoms with Gasteiger partial charge in [0.15, 0.2) is 17.3 Å². The van der Waals surface area contributed by atoms with Crippen molar-refractivity contribution in [1.29, 1.82) is 0 Å². The summed E-state index contributed by atoms with van der Waals surface area (Å²) in [6.45, 7) is 0.400. The fraction of sp³-hybridized carbons (Fsp3) is 0.125. The number of rotatable bonds is 5. The molecule has 0 atom stereocenters. The summed E-state index contributed by atoms with van der Waals surface area (Å²) in [5.74, 6) is 1.34. The van der Waals surface area contributed by atoms with Gasteiger partial charge in [0.25, 0.3) is 5.56 Å². The topological polar surface area (TPSA) is 95.8 Å². The Hall–Kier alpha value is -4.04. The molecule has 0 aliphatic carbocycles. The molecule has 0 N–H and O–H groups in total. The zero-order chi connectivity index (χ0) is 22.9. The van der Waals surface area contributed by atoms with Crippen LogP contribution in [-0.2, 0) is 20.0 Å². The lowest BCUT2D eigenvalue weighted by Gasteiger charge is -2.14. The van der Waals surface area contributed by atoms with Crippen LogP contribution in [0, 0.1) is 0 Å². The Bertz CT molecular complexity index is 1540. The number of aryl methyl sites for hydroxylation is 2. The number of halogens is 1. The number of hydrogen-bond donors (Lipinski definition) is 0. The number of fused-ring (bicyclic) bond motifs is 1. The van der Waals surface area contributed by atoms with Crippen LogP contribution in [-0.4, -0.2) is 24.3 Å². The third kappa shape index (κ3) is 4.08. The van der Waals surface area contributed by atoms with Gasteiger partial charge in [-0.15, -0.1) is 5.10 Å². The molecule has 0 fully saturated rings. The number of furan rings is 1. The van der Waals surface area contributed by atoms with Gasteiger partial charge in [0.05, 0.1) is 0 Å². The molecule has 2 aliphatic rings. The standard InChI is InChI=1S/C24H18ClN5O3/c1-29-23(31)20-22(27-24(29)32)30(13-12-15-6-3-2-4-7-15)28-21(26-20)19-11-10-18(33-19)16-8-5-9-17(25)14-16/h2-11,14H,12-13H2,1H3. The zero-order valence-electron chi connectivity index (χ0n) is 17.6. The van der Waals surface area contributed by atoms with Crippen LogP contribution in [0.3, 0.4) is 0 Å². The van der Waals surface area contributed by atoms with Gasteiger partial charge >= 0.3 is 5.69 Å². The van der Waals surface area contributed by atoms with E-state index in [0.717, 1.165) is 15.7 Å². The minimum Gasteiger partial charge on any atom is -0.453 e. The lowest BCUT2D eigenvalue weighted by atomic mass is 10.1. The normalized spacial score (nSPS) is 11.2. The van der Waals surface area contributed by atoms with Crippen molar-refractivity contribution in [2.45, 2.75) is 13.0 Å². The van der Waals surface area contributed by atoms with Crippen LogP contribution in [0.5, 0.6) is 0 Å². The van der Waals surface area contributed by atoms with E-state index >= 15 is 0 Å². The summed E-state index contributed by atoms with van der Waals surface area (Å²) in [6.07, 6.45) is 0.633. The first-order valence-electron chi connectivity index (χ1n) is 10.3. The van der Waals surface area contributed by atoms with Crippen molar-refractivity contribution in [1.82, 2.24) is 24.3 Å². The SMILES string of the molecule is Cn1c(=O)nc2n(CCc3ccccc3)nc(-c3ccc(-c4cccc(Cl)c4)o3)nc-2c1=O. The van der Waals surface area contributed by atoms with E-state index in [1.807, 2.05) is 42.5 Å². The van der Waals surface area contributed by atoms with Gasteiger partial charge in [-0.05, 0) is 36.2 Å². The molecule has 2 aromatic carbocycles. The molecule has 9 heteroatoms. The molecule has 0 saturated carbocycles. The number of benzene rings is 2. The van der Waals surface area contributed by atoms with Gasteiger partial charge < -0.3 is 4.42 Å². The molecule has 5 rings (SSSR count). The highest BCUT2D eigenvalue weighted by Crippen LogP contribution is 2.29. The maximum atomic E-state index is 12.8. The predicted octanol–water partition coefficient (Wildman–Crippen LogP) is 3.66. The van der Waals surface area contributed by atoms with Crippen LogP contribution in [0.25, 0.3) is 34.4 Å². The highest BCUT2D eigenvalue weighted by Gasteiger charge is 2.22. The smallest absolute Gasteiger partial charge is 0.352 e. The van der Waals surface area contributed by atoms with Gasteiger partial charge in [0, 0.05) is 24.2 Å². The van der Waals surface area contributed by atoms with E-state index in [2.05, 4.69) is 15.1 Å². The maximum absolute atomic E-state index is 12.8. The van der Waals surface area contributed by atoms with E-state index in [9.17, 15) is 9.59 Å². The van der Waals surface area contributed by atoms with E-state index in [-0.39, 0.29) is 17.3 Å². The van der Waals surface area contributed by atoms with E-state index in [1.165, 1.54) is 11.7 Å². The Morgan fingerprint density at radius 2 is 1.73 bits per heavy atom. The van der Waals surface area contributed by atoms with Crippen LogP contribution in [0.4, 0.5) is 0 Å². The van der Waals surface area contributed by atoms with Crippen molar-refractivity contribution >= 4 is 11.6 Å². The molecule has 3 heterocycles. The third-order valence-corrected chi connectivity index (χ3v) is 5.51. The molecule has 8 nitrogen and oxygen atoms in total. The predicted molar refractivity (Wildman–Crippen MR) is 124 cm³/mol. The Kier molecular flexibility index (Phi) is 5.35. The van der Waals surface area contributed by atoms with Gasteiger partial charge in [0.1, 0.15) is 5.76 Å². The maximum Gasteiger partial charge on any atom is 0.352 e. The van der Waals surface area contributed by atoms with Crippen LogP contribution < -0.4 is 11.2 Å². The van der Waals surface area contributed by atoms with Gasteiger partial charge in [0.2, 0.25) is 5.82 Å². The second-order valence-corrected chi connectivity index (χ2v) is 7.94. The first-order valence-corrected chi connectivity index (χ1v) is 10.6. The third-order valence-electron chi connectivity index (χ3n) is 5.28. The van der Waals surface area contributed by atoms with Gasteiger partial charge in [-0.3, -0.25) is 9.36 Å². The summed E-state index contributed by atoms with van der Waals surface area (Å²) < 4.78 is 8.45. The quantitative estimate of drug-likeness (QED) is 0.398. The molecule has 33 heavy (non-hydrogen) atoms. The van der Waals surface area contributed by atoms with Gasteiger partial charge in [-0.2, -0.15) is 4.98 Å². The second kappa shape index (κ2) is 8.48. The molecule has 0 spiro atoms. The molecule has 0 amide bonds. The first kappa shape index (κ1) is 20.8. The average molecular weight is 460 g/mol. The van der Waals surface area contributed by atoms with E-state index < -0.39 is 11.2 Å². The van der Waals surface area contributed by atoms with E-state index in [1.54, 1.807) is 24.3 Å². The Balaban J connectivity index is 1.61. The van der Waals surface area contributed by atoms with Crippen LogP contribution >= 0.6 is 11.6 Å². The summed E-state index contributed by atoms with van der Waals surface area (Å²) in [7, 11) is 1.37. The average Bonchev–Trinajstić information content (AvgIpc) is 3.32. The molecule has 0 radical (unpaired) electrons. The lowest BCUT2D eigenvalue weighted by molar-refractivity contribution is 0.556. The fourth-order valence-corrected chi connectivity index (χ4v) is 3.71. The molecule has 3 aromatic rings. The molecule has 0 unspecified atom stereocenters. The van der Waals surface area contributed by atoms with E-state index in [4.69, 9.17) is 16.0 Å². The number of hydrogen-bond acceptors (Lipinski definition) is 6. The molecular weight excluding hydrogens is 442 g/mol. The summed E-state index contributed by atoms with van der Waals surface area (Å²) in [6, 6.07) is 20.7. The van der Waals surface area contributed by atoms with Crippen molar-refractivity contribution in [3.05, 3.63) is 98.2 Å². The van der Waals surface area contributed by atoms with E-state index in [0.29, 0.717) is 29.5 Å². The van der Waals surface area contributed by atoms with Crippen molar-refractivity contribution in [3.8, 4) is 34.4 Å². The Morgan fingerprint density at radius 1 is 0.939 bits per heavy atom. The van der Waals surface area contributed by atoms with Crippen molar-refractivity contribution < 1.29 is 4.42 Å². The van der Waals surface area contributed by atoms with Crippen molar-refractivity contribution in [2.24, 2.45) is 7.05 Å². The zero-order valence-corrected chi connectivity index (χ0v) is 18.4. The summed E-state index contributed by atoms with van der Waals surface area (Å²) in [5, 5.41) is 5.15. The molecular formula is C24H18ClN5O3. The summed E-state index contributed by atoms with van der Waals surface area (Å²) in [4.78, 5) is 33.4. The molecule has 0 bridgehead atoms.